The number of hydrogen-bond acceptors (Lipinski definition) is 6. The Balaban J connectivity index is 1.85. The summed E-state index contributed by atoms with van der Waals surface area (Å²) in [5.41, 5.74) is 1.26. The molecule has 1 aliphatic rings. The van der Waals surface area contributed by atoms with Crippen molar-refractivity contribution in [3.05, 3.63) is 47.8 Å². The van der Waals surface area contributed by atoms with Gasteiger partial charge in [0.25, 0.3) is 5.91 Å². The van der Waals surface area contributed by atoms with Crippen molar-refractivity contribution in [2.24, 2.45) is 5.92 Å². The number of methoxy groups -OCH3 is 3. The average Bonchev–Trinajstić information content (AvgIpc) is 2.81. The van der Waals surface area contributed by atoms with Crippen LogP contribution in [-0.4, -0.2) is 56.1 Å². The molecule has 1 saturated heterocycles. The molecule has 0 spiro atoms. The highest BCUT2D eigenvalue weighted by Crippen LogP contribution is 2.39. The Morgan fingerprint density at radius 2 is 1.84 bits per heavy atom. The molecule has 166 valence electrons. The van der Waals surface area contributed by atoms with Crippen molar-refractivity contribution < 1.29 is 23.8 Å². The molecule has 3 rings (SSSR count). The molecule has 1 aromatic carbocycles. The van der Waals surface area contributed by atoms with E-state index in [1.807, 2.05) is 23.1 Å². The van der Waals surface area contributed by atoms with Crippen LogP contribution in [0, 0.1) is 5.92 Å². The summed E-state index contributed by atoms with van der Waals surface area (Å²) in [6, 6.07) is 8.72. The van der Waals surface area contributed by atoms with Gasteiger partial charge in [-0.1, -0.05) is 6.07 Å². The Labute approximate surface area is 182 Å². The monoisotopic (exact) mass is 427 g/mol. The summed E-state index contributed by atoms with van der Waals surface area (Å²) in [5, 5.41) is 3.02. The smallest absolute Gasteiger partial charge is 0.254 e. The average molecular weight is 428 g/mol. The van der Waals surface area contributed by atoms with E-state index in [9.17, 15) is 9.59 Å². The van der Waals surface area contributed by atoms with Crippen molar-refractivity contribution in [1.82, 2.24) is 15.2 Å². The van der Waals surface area contributed by atoms with Gasteiger partial charge in [-0.05, 0) is 37.1 Å². The predicted octanol–water partition coefficient (Wildman–Crippen LogP) is 2.84. The Morgan fingerprint density at radius 1 is 1.13 bits per heavy atom. The maximum absolute atomic E-state index is 13.3. The van der Waals surface area contributed by atoms with Crippen LogP contribution in [0.2, 0.25) is 0 Å². The zero-order valence-corrected chi connectivity index (χ0v) is 18.4. The standard InChI is InChI=1S/C23H29N3O5/c1-15(27)25-21(18-9-5-6-10-24-18)16-8-7-11-26(14-16)23(28)17-12-19(29-2)22(31-4)20(13-17)30-3/h5-6,9-10,12-13,16,21H,7-8,11,14H2,1-4H3,(H,25,27). The molecule has 1 aromatic heterocycles. The number of carbonyl (C=O) groups excluding carboxylic acids is 2. The molecule has 2 heterocycles. The fraction of sp³-hybridized carbons (Fsp3) is 0.435. The lowest BCUT2D eigenvalue weighted by Crippen LogP contribution is -2.45. The molecule has 1 fully saturated rings. The predicted molar refractivity (Wildman–Crippen MR) is 116 cm³/mol. The van der Waals surface area contributed by atoms with E-state index in [0.29, 0.717) is 35.9 Å². The van der Waals surface area contributed by atoms with E-state index in [1.54, 1.807) is 18.3 Å². The third kappa shape index (κ3) is 5.07. The van der Waals surface area contributed by atoms with Crippen LogP contribution in [0.5, 0.6) is 17.2 Å². The Hall–Kier alpha value is -3.29. The fourth-order valence-corrected chi connectivity index (χ4v) is 4.07. The van der Waals surface area contributed by atoms with E-state index < -0.39 is 0 Å². The number of nitrogens with zero attached hydrogens (tertiary/aromatic N) is 2. The van der Waals surface area contributed by atoms with E-state index >= 15 is 0 Å². The number of pyridine rings is 1. The van der Waals surface area contributed by atoms with Crippen LogP contribution < -0.4 is 19.5 Å². The fourth-order valence-electron chi connectivity index (χ4n) is 4.07. The second-order valence-electron chi connectivity index (χ2n) is 7.50. The highest BCUT2D eigenvalue weighted by molar-refractivity contribution is 5.95. The second-order valence-corrected chi connectivity index (χ2v) is 7.50. The third-order valence-electron chi connectivity index (χ3n) is 5.49. The lowest BCUT2D eigenvalue weighted by molar-refractivity contribution is -0.120. The first-order chi connectivity index (χ1) is 15.0. The normalized spacial score (nSPS) is 16.9. The summed E-state index contributed by atoms with van der Waals surface area (Å²) in [6.07, 6.45) is 3.44. The largest absolute Gasteiger partial charge is 0.493 e. The van der Waals surface area contributed by atoms with Gasteiger partial charge in [-0.3, -0.25) is 14.6 Å². The van der Waals surface area contributed by atoms with Crippen LogP contribution in [0.1, 0.15) is 41.9 Å². The van der Waals surface area contributed by atoms with Crippen molar-refractivity contribution in [1.29, 1.82) is 0 Å². The lowest BCUT2D eigenvalue weighted by atomic mass is 9.88. The highest BCUT2D eigenvalue weighted by atomic mass is 16.5. The summed E-state index contributed by atoms with van der Waals surface area (Å²) in [4.78, 5) is 31.4. The Morgan fingerprint density at radius 3 is 2.39 bits per heavy atom. The van der Waals surface area contributed by atoms with Gasteiger partial charge < -0.3 is 24.4 Å². The maximum Gasteiger partial charge on any atom is 0.254 e. The minimum absolute atomic E-state index is 0.0542. The van der Waals surface area contributed by atoms with Crippen LogP contribution >= 0.6 is 0 Å². The summed E-state index contributed by atoms with van der Waals surface area (Å²) in [7, 11) is 4.57. The van der Waals surface area contributed by atoms with Crippen molar-refractivity contribution in [2.45, 2.75) is 25.8 Å². The van der Waals surface area contributed by atoms with Gasteiger partial charge in [0.15, 0.2) is 11.5 Å². The van der Waals surface area contributed by atoms with Crippen LogP contribution in [0.15, 0.2) is 36.5 Å². The van der Waals surface area contributed by atoms with Crippen LogP contribution in [0.3, 0.4) is 0 Å². The summed E-state index contributed by atoms with van der Waals surface area (Å²) in [6.45, 7) is 2.65. The van der Waals surface area contributed by atoms with Gasteiger partial charge in [-0.25, -0.2) is 0 Å². The first kappa shape index (κ1) is 22.4. The zero-order valence-electron chi connectivity index (χ0n) is 18.4. The molecule has 0 radical (unpaired) electrons. The summed E-state index contributed by atoms with van der Waals surface area (Å²) < 4.78 is 16.1. The van der Waals surface area contributed by atoms with Gasteiger partial charge in [-0.2, -0.15) is 0 Å². The molecular formula is C23H29N3O5. The number of rotatable bonds is 7. The molecule has 0 bridgehead atoms. The molecule has 2 aromatic rings. The van der Waals surface area contributed by atoms with E-state index in [4.69, 9.17) is 14.2 Å². The number of carbonyl (C=O) groups is 2. The van der Waals surface area contributed by atoms with Gasteiger partial charge in [0, 0.05) is 37.7 Å². The number of amides is 2. The van der Waals surface area contributed by atoms with Crippen molar-refractivity contribution in [3.8, 4) is 17.2 Å². The Bertz CT molecular complexity index is 894. The molecule has 1 aliphatic heterocycles. The number of aromatic nitrogens is 1. The van der Waals surface area contributed by atoms with E-state index in [0.717, 1.165) is 18.5 Å². The molecule has 2 amide bonds. The maximum atomic E-state index is 13.3. The van der Waals surface area contributed by atoms with Gasteiger partial charge in [0.05, 0.1) is 33.1 Å². The molecule has 8 heteroatoms. The molecule has 1 N–H and O–H groups in total. The molecule has 0 aliphatic carbocycles. The van der Waals surface area contributed by atoms with Crippen molar-refractivity contribution >= 4 is 11.8 Å². The highest BCUT2D eigenvalue weighted by Gasteiger charge is 2.32. The zero-order chi connectivity index (χ0) is 22.4. The van der Waals surface area contributed by atoms with Crippen LogP contribution in [0.25, 0.3) is 0 Å². The number of piperidine rings is 1. The van der Waals surface area contributed by atoms with Crippen molar-refractivity contribution in [3.63, 3.8) is 0 Å². The Kier molecular flexibility index (Phi) is 7.33. The summed E-state index contributed by atoms with van der Waals surface area (Å²) in [5.74, 6) is 1.12. The van der Waals surface area contributed by atoms with Crippen LogP contribution in [-0.2, 0) is 4.79 Å². The number of ether oxygens (including phenoxy) is 3. The molecule has 8 nitrogen and oxygen atoms in total. The SMILES string of the molecule is COc1cc(C(=O)N2CCCC(C(NC(C)=O)c3ccccn3)C2)cc(OC)c1OC. The van der Waals surface area contributed by atoms with Crippen LogP contribution in [0.4, 0.5) is 0 Å². The third-order valence-corrected chi connectivity index (χ3v) is 5.49. The number of nitrogens with one attached hydrogen (secondary N) is 1. The molecule has 0 saturated carbocycles. The van der Waals surface area contributed by atoms with Gasteiger partial charge in [0.1, 0.15) is 0 Å². The molecule has 31 heavy (non-hydrogen) atoms. The molecule has 2 atom stereocenters. The van der Waals surface area contributed by atoms with Gasteiger partial charge in [0.2, 0.25) is 11.7 Å². The molecular weight excluding hydrogens is 398 g/mol. The topological polar surface area (TPSA) is 90.0 Å². The van der Waals surface area contributed by atoms with Gasteiger partial charge in [-0.15, -0.1) is 0 Å². The van der Waals surface area contributed by atoms with E-state index in [2.05, 4.69) is 10.3 Å². The number of likely N-dealkylation sites (tertiary alicyclic amines) is 1. The first-order valence-corrected chi connectivity index (χ1v) is 10.3. The molecule has 2 unspecified atom stereocenters. The number of hydrogen-bond donors (Lipinski definition) is 1. The van der Waals surface area contributed by atoms with Crippen molar-refractivity contribution in [2.75, 3.05) is 34.4 Å². The minimum Gasteiger partial charge on any atom is -0.493 e. The number of benzene rings is 1. The second kappa shape index (κ2) is 10.1. The summed E-state index contributed by atoms with van der Waals surface area (Å²) >= 11 is 0. The van der Waals surface area contributed by atoms with E-state index in [1.165, 1.54) is 28.3 Å². The minimum atomic E-state index is -0.255. The first-order valence-electron chi connectivity index (χ1n) is 10.3. The lowest BCUT2D eigenvalue weighted by Gasteiger charge is -2.37. The van der Waals surface area contributed by atoms with E-state index in [-0.39, 0.29) is 23.8 Å². The van der Waals surface area contributed by atoms with Gasteiger partial charge >= 0.3 is 0 Å². The quantitative estimate of drug-likeness (QED) is 0.731.